The maximum Gasteiger partial charge on any atom is 0.376 e. The molecule has 1 aliphatic rings. The van der Waals surface area contributed by atoms with Crippen LogP contribution in [0, 0.1) is 0 Å². The summed E-state index contributed by atoms with van der Waals surface area (Å²) in [6.07, 6.45) is 1.74. The van der Waals surface area contributed by atoms with Gasteiger partial charge in [0, 0.05) is 5.57 Å². The van der Waals surface area contributed by atoms with Crippen molar-refractivity contribution in [1.82, 2.24) is 15.0 Å². The Morgan fingerprint density at radius 3 is 2.37 bits per heavy atom. The summed E-state index contributed by atoms with van der Waals surface area (Å²) < 4.78 is 12.3. The van der Waals surface area contributed by atoms with Gasteiger partial charge in [0.15, 0.2) is 8.32 Å². The van der Waals surface area contributed by atoms with Gasteiger partial charge in [0.25, 0.3) is 0 Å². The molecule has 0 atom stereocenters. The summed E-state index contributed by atoms with van der Waals surface area (Å²) in [6.45, 7) is 14.9. The van der Waals surface area contributed by atoms with E-state index in [2.05, 4.69) is 61.0 Å². The molecular weight excluding hydrogens is 393 g/mol. The summed E-state index contributed by atoms with van der Waals surface area (Å²) in [6, 6.07) is 10.2. The molecule has 3 rings (SSSR count). The van der Waals surface area contributed by atoms with Gasteiger partial charge in [0.05, 0.1) is 0 Å². The zero-order chi connectivity index (χ0) is 21.9. The van der Waals surface area contributed by atoms with E-state index in [4.69, 9.17) is 8.84 Å². The smallest absolute Gasteiger partial charge is 0.376 e. The van der Waals surface area contributed by atoms with Crippen LogP contribution in [0.15, 0.2) is 40.3 Å². The van der Waals surface area contributed by atoms with Gasteiger partial charge in [-0.2, -0.15) is 0 Å². The fourth-order valence-electron chi connectivity index (χ4n) is 3.37. The third kappa shape index (κ3) is 5.29. The first-order chi connectivity index (χ1) is 14.1. The Morgan fingerprint density at radius 2 is 1.80 bits per heavy atom. The molecule has 1 aliphatic heterocycles. The van der Waals surface area contributed by atoms with Crippen LogP contribution in [0.2, 0.25) is 25.0 Å². The highest BCUT2D eigenvalue weighted by Gasteiger charge is 2.37. The first-order valence-corrected chi connectivity index (χ1v) is 13.7. The summed E-state index contributed by atoms with van der Waals surface area (Å²) in [7, 11) is -2.31. The van der Waals surface area contributed by atoms with Crippen molar-refractivity contribution in [3.63, 3.8) is 0 Å². The summed E-state index contributed by atoms with van der Waals surface area (Å²) in [5, 5.41) is 18.7. The average molecular weight is 427 g/mol. The van der Waals surface area contributed by atoms with Gasteiger partial charge in [0.2, 0.25) is 11.8 Å². The molecule has 162 valence electrons. The minimum absolute atomic E-state index is 0.130. The van der Waals surface area contributed by atoms with Crippen molar-refractivity contribution in [2.24, 2.45) is 0 Å². The molecule has 1 fully saturated rings. The molecule has 0 amide bonds. The van der Waals surface area contributed by atoms with Gasteiger partial charge in [-0.25, -0.2) is 0 Å². The van der Waals surface area contributed by atoms with Gasteiger partial charge in [-0.15, -0.1) is 10.2 Å². The van der Waals surface area contributed by atoms with Crippen LogP contribution >= 0.6 is 0 Å². The molecule has 1 N–H and O–H groups in total. The number of piperidine rings is 1. The molecule has 0 aliphatic carbocycles. The Labute approximate surface area is 181 Å². The molecular formula is C22H34BN3O3Si. The Morgan fingerprint density at radius 1 is 1.17 bits per heavy atom. The minimum atomic E-state index is -1.89. The maximum atomic E-state index is 9.88. The predicted molar refractivity (Wildman–Crippen MR) is 123 cm³/mol. The number of nitrogens with zero attached hydrogens (tertiary/aromatic N) is 3. The van der Waals surface area contributed by atoms with Gasteiger partial charge >= 0.3 is 7.05 Å². The van der Waals surface area contributed by atoms with Crippen LogP contribution < -0.4 is 0 Å². The normalized spacial score (nSPS) is 16.0. The summed E-state index contributed by atoms with van der Waals surface area (Å²) in [5.74, 6) is 1.07. The van der Waals surface area contributed by atoms with Crippen LogP contribution in [0.3, 0.4) is 0 Å². The van der Waals surface area contributed by atoms with E-state index in [1.54, 1.807) is 0 Å². The molecule has 2 aromatic rings. The van der Waals surface area contributed by atoms with E-state index in [1.807, 2.05) is 25.0 Å². The maximum absolute atomic E-state index is 9.88. The number of hydrogen-bond acceptors (Lipinski definition) is 6. The lowest BCUT2D eigenvalue weighted by Crippen LogP contribution is -2.41. The van der Waals surface area contributed by atoms with Gasteiger partial charge in [-0.3, -0.25) is 0 Å². The lowest BCUT2D eigenvalue weighted by atomic mass is 9.81. The summed E-state index contributed by atoms with van der Waals surface area (Å²) in [4.78, 5) is 2.08. The van der Waals surface area contributed by atoms with E-state index in [-0.39, 0.29) is 5.04 Å². The third-order valence-electron chi connectivity index (χ3n) is 6.39. The zero-order valence-corrected chi connectivity index (χ0v) is 20.1. The quantitative estimate of drug-likeness (QED) is 0.680. The summed E-state index contributed by atoms with van der Waals surface area (Å²) in [5.41, 5.74) is 3.39. The third-order valence-corrected chi connectivity index (χ3v) is 10.9. The highest BCUT2D eigenvalue weighted by atomic mass is 28.4. The Hall–Kier alpha value is -1.74. The molecule has 0 spiro atoms. The SMILES string of the molecule is CB(O)N1CCC(=C(c2ccccc2)c2nnc(CO[Si](C)(C)C(C)(C)C)o2)CC1. The van der Waals surface area contributed by atoms with E-state index < -0.39 is 15.4 Å². The monoisotopic (exact) mass is 427 g/mol. The van der Waals surface area contributed by atoms with Crippen molar-refractivity contribution in [3.8, 4) is 0 Å². The average Bonchev–Trinajstić information content (AvgIpc) is 3.16. The molecule has 1 aromatic carbocycles. The fraction of sp³-hybridized carbons (Fsp3) is 0.545. The Kier molecular flexibility index (Phi) is 7.02. The number of hydrogen-bond donors (Lipinski definition) is 1. The van der Waals surface area contributed by atoms with Crippen LogP contribution in [0.25, 0.3) is 5.57 Å². The first-order valence-electron chi connectivity index (χ1n) is 10.7. The lowest BCUT2D eigenvalue weighted by molar-refractivity contribution is 0.239. The van der Waals surface area contributed by atoms with Gasteiger partial charge in [-0.05, 0) is 56.4 Å². The Balaban J connectivity index is 1.85. The molecule has 8 heteroatoms. The Bertz CT molecular complexity index is 865. The summed E-state index contributed by atoms with van der Waals surface area (Å²) >= 11 is 0. The first kappa shape index (κ1) is 22.9. The van der Waals surface area contributed by atoms with Crippen molar-refractivity contribution in [3.05, 3.63) is 53.2 Å². The van der Waals surface area contributed by atoms with E-state index in [9.17, 15) is 5.02 Å². The van der Waals surface area contributed by atoms with Crippen molar-refractivity contribution in [2.75, 3.05) is 13.1 Å². The second kappa shape index (κ2) is 9.18. The molecule has 1 saturated heterocycles. The largest absolute Gasteiger partial charge is 0.437 e. The minimum Gasteiger partial charge on any atom is -0.437 e. The number of benzene rings is 1. The number of rotatable bonds is 6. The fourth-order valence-corrected chi connectivity index (χ4v) is 4.29. The standard InChI is InChI=1S/C22H34BN3O3Si/c1-22(2,3)30(5,6)28-16-19-24-25-21(29-19)20(17-10-8-7-9-11-17)18-12-14-26(15-13-18)23(4)27/h7-11,27H,12-16H2,1-6H3. The van der Waals surface area contributed by atoms with E-state index in [0.717, 1.165) is 37.1 Å². The molecule has 0 saturated carbocycles. The topological polar surface area (TPSA) is 71.6 Å². The van der Waals surface area contributed by atoms with Crippen LogP contribution in [0.4, 0.5) is 0 Å². The zero-order valence-electron chi connectivity index (χ0n) is 19.1. The number of aromatic nitrogens is 2. The van der Waals surface area contributed by atoms with Crippen molar-refractivity contribution >= 4 is 20.9 Å². The van der Waals surface area contributed by atoms with E-state index in [0.29, 0.717) is 18.4 Å². The molecule has 6 nitrogen and oxygen atoms in total. The second-order valence-corrected chi connectivity index (χ2v) is 14.4. The second-order valence-electron chi connectivity index (χ2n) is 9.56. The van der Waals surface area contributed by atoms with Crippen LogP contribution in [-0.4, -0.2) is 48.5 Å². The van der Waals surface area contributed by atoms with Gasteiger partial charge in [-0.1, -0.05) is 56.7 Å². The van der Waals surface area contributed by atoms with Gasteiger partial charge < -0.3 is 18.7 Å². The molecule has 0 radical (unpaired) electrons. The highest BCUT2D eigenvalue weighted by Crippen LogP contribution is 2.37. The van der Waals surface area contributed by atoms with Crippen molar-refractivity contribution in [2.45, 2.75) is 65.2 Å². The molecule has 0 unspecified atom stereocenters. The van der Waals surface area contributed by atoms with Gasteiger partial charge in [0.1, 0.15) is 6.61 Å². The van der Waals surface area contributed by atoms with Crippen LogP contribution in [0.5, 0.6) is 0 Å². The molecule has 1 aromatic heterocycles. The predicted octanol–water partition coefficient (Wildman–Crippen LogP) is 4.60. The van der Waals surface area contributed by atoms with Crippen molar-refractivity contribution in [1.29, 1.82) is 0 Å². The lowest BCUT2D eigenvalue weighted by Gasteiger charge is -2.35. The molecule has 0 bridgehead atoms. The molecule has 2 heterocycles. The van der Waals surface area contributed by atoms with Crippen LogP contribution in [-0.2, 0) is 11.0 Å². The van der Waals surface area contributed by atoms with E-state index >= 15 is 0 Å². The highest BCUT2D eigenvalue weighted by molar-refractivity contribution is 6.74. The molecule has 30 heavy (non-hydrogen) atoms. The van der Waals surface area contributed by atoms with Crippen LogP contribution in [0.1, 0.15) is 51.0 Å². The van der Waals surface area contributed by atoms with Crippen molar-refractivity contribution < 1.29 is 13.9 Å². The van der Waals surface area contributed by atoms with E-state index in [1.165, 1.54) is 5.57 Å².